The zero-order valence-electron chi connectivity index (χ0n) is 9.50. The van der Waals surface area contributed by atoms with E-state index in [-0.39, 0.29) is 6.10 Å². The molecule has 0 spiro atoms. The quantitative estimate of drug-likeness (QED) is 0.623. The lowest BCUT2D eigenvalue weighted by Crippen LogP contribution is -2.38. The second kappa shape index (κ2) is 6.38. The number of nitrogens with one attached hydrogen (secondary N) is 1. The monoisotopic (exact) mass is 200 g/mol. The molecule has 0 aromatic rings. The van der Waals surface area contributed by atoms with E-state index in [9.17, 15) is 0 Å². The minimum Gasteiger partial charge on any atom is -0.393 e. The molecule has 0 aromatic heterocycles. The molecule has 0 radical (unpaired) electrons. The Morgan fingerprint density at radius 2 is 2.36 bits per heavy atom. The lowest BCUT2D eigenvalue weighted by molar-refractivity contribution is 0.181. The molecular weight excluding hydrogens is 176 g/mol. The van der Waals surface area contributed by atoms with Gasteiger partial charge in [-0.15, -0.1) is 0 Å². The number of rotatable bonds is 6. The van der Waals surface area contributed by atoms with Crippen LogP contribution in [0.3, 0.4) is 0 Å². The van der Waals surface area contributed by atoms with Crippen LogP contribution in [0, 0.1) is 0 Å². The molecule has 1 aliphatic heterocycles. The molecule has 14 heavy (non-hydrogen) atoms. The van der Waals surface area contributed by atoms with E-state index in [4.69, 9.17) is 5.11 Å². The van der Waals surface area contributed by atoms with Crippen LogP contribution in [0.4, 0.5) is 0 Å². The Balaban J connectivity index is 2.05. The Bertz CT molecular complexity index is 150. The van der Waals surface area contributed by atoms with Crippen LogP contribution in [0.25, 0.3) is 0 Å². The Labute approximate surface area is 87.5 Å². The van der Waals surface area contributed by atoms with Crippen molar-refractivity contribution in [3.8, 4) is 0 Å². The predicted octanol–water partition coefficient (Wildman–Crippen LogP) is 0.831. The lowest BCUT2D eigenvalue weighted by Gasteiger charge is -2.23. The normalized spacial score (nSPS) is 25.5. The molecule has 0 aliphatic carbocycles. The van der Waals surface area contributed by atoms with Crippen LogP contribution in [0.1, 0.15) is 33.1 Å². The fourth-order valence-electron chi connectivity index (χ4n) is 2.12. The van der Waals surface area contributed by atoms with Gasteiger partial charge in [0, 0.05) is 12.6 Å². The first-order valence-corrected chi connectivity index (χ1v) is 5.87. The van der Waals surface area contributed by atoms with Crippen LogP contribution in [-0.2, 0) is 0 Å². The Morgan fingerprint density at radius 3 is 3.00 bits per heavy atom. The number of hydrogen-bond acceptors (Lipinski definition) is 3. The van der Waals surface area contributed by atoms with Gasteiger partial charge >= 0.3 is 0 Å². The summed E-state index contributed by atoms with van der Waals surface area (Å²) in [5.41, 5.74) is 0. The van der Waals surface area contributed by atoms with Crippen molar-refractivity contribution in [3.63, 3.8) is 0 Å². The van der Waals surface area contributed by atoms with Gasteiger partial charge < -0.3 is 10.4 Å². The van der Waals surface area contributed by atoms with Gasteiger partial charge in [0.2, 0.25) is 0 Å². The van der Waals surface area contributed by atoms with E-state index >= 15 is 0 Å². The smallest absolute Gasteiger partial charge is 0.0524 e. The molecule has 0 aromatic carbocycles. The summed E-state index contributed by atoms with van der Waals surface area (Å²) in [7, 11) is 0. The molecule has 1 aliphatic rings. The number of aliphatic hydroxyl groups is 1. The molecule has 2 unspecified atom stereocenters. The van der Waals surface area contributed by atoms with Crippen molar-refractivity contribution in [2.75, 3.05) is 26.2 Å². The third-order valence-corrected chi connectivity index (χ3v) is 3.02. The van der Waals surface area contributed by atoms with Crippen molar-refractivity contribution in [2.24, 2.45) is 0 Å². The number of likely N-dealkylation sites (N-methyl/N-ethyl adjacent to an activating group) is 1. The predicted molar refractivity (Wildman–Crippen MR) is 59.4 cm³/mol. The summed E-state index contributed by atoms with van der Waals surface area (Å²) in [6.45, 7) is 8.53. The van der Waals surface area contributed by atoms with E-state index in [1.165, 1.54) is 25.9 Å². The maximum absolute atomic E-state index is 9.09. The molecule has 1 rings (SSSR count). The lowest BCUT2D eigenvalue weighted by atomic mass is 10.2. The van der Waals surface area contributed by atoms with Crippen LogP contribution in [0.2, 0.25) is 0 Å². The topological polar surface area (TPSA) is 35.5 Å². The molecule has 3 nitrogen and oxygen atoms in total. The average molecular weight is 200 g/mol. The molecule has 1 saturated heterocycles. The highest BCUT2D eigenvalue weighted by Crippen LogP contribution is 2.15. The van der Waals surface area contributed by atoms with E-state index < -0.39 is 0 Å². The van der Waals surface area contributed by atoms with Crippen LogP contribution in [-0.4, -0.2) is 48.3 Å². The van der Waals surface area contributed by atoms with Crippen molar-refractivity contribution in [1.29, 1.82) is 0 Å². The molecule has 84 valence electrons. The third-order valence-electron chi connectivity index (χ3n) is 3.02. The van der Waals surface area contributed by atoms with Gasteiger partial charge in [-0.25, -0.2) is 0 Å². The van der Waals surface area contributed by atoms with Crippen LogP contribution in [0.15, 0.2) is 0 Å². The molecule has 1 fully saturated rings. The van der Waals surface area contributed by atoms with Crippen LogP contribution >= 0.6 is 0 Å². The zero-order valence-corrected chi connectivity index (χ0v) is 9.50. The summed E-state index contributed by atoms with van der Waals surface area (Å²) in [6, 6.07) is 0.731. The summed E-state index contributed by atoms with van der Waals surface area (Å²) in [5, 5.41) is 12.5. The molecule has 1 heterocycles. The largest absolute Gasteiger partial charge is 0.393 e. The summed E-state index contributed by atoms with van der Waals surface area (Å²) >= 11 is 0. The molecular formula is C11H24N2O. The molecule has 0 amide bonds. The number of aliphatic hydroxyl groups excluding tert-OH is 1. The van der Waals surface area contributed by atoms with E-state index in [0.29, 0.717) is 0 Å². The zero-order chi connectivity index (χ0) is 10.4. The maximum atomic E-state index is 9.09. The Hall–Kier alpha value is -0.120. The van der Waals surface area contributed by atoms with Gasteiger partial charge in [0.15, 0.2) is 0 Å². The average Bonchev–Trinajstić information content (AvgIpc) is 2.59. The first-order chi connectivity index (χ1) is 6.74. The van der Waals surface area contributed by atoms with Gasteiger partial charge in [0.1, 0.15) is 0 Å². The fraction of sp³-hybridized carbons (Fsp3) is 1.00. The van der Waals surface area contributed by atoms with Gasteiger partial charge in [0.25, 0.3) is 0 Å². The van der Waals surface area contributed by atoms with Crippen molar-refractivity contribution in [2.45, 2.75) is 45.3 Å². The summed E-state index contributed by atoms with van der Waals surface area (Å²) < 4.78 is 0. The van der Waals surface area contributed by atoms with E-state index in [1.807, 2.05) is 6.92 Å². The first-order valence-electron chi connectivity index (χ1n) is 5.87. The summed E-state index contributed by atoms with van der Waals surface area (Å²) in [5.74, 6) is 0. The van der Waals surface area contributed by atoms with E-state index in [1.54, 1.807) is 0 Å². The fourth-order valence-corrected chi connectivity index (χ4v) is 2.12. The molecule has 2 atom stereocenters. The highest BCUT2D eigenvalue weighted by molar-refractivity contribution is 4.79. The standard InChI is InChI=1S/C11H24N2O/c1-3-13-8-4-5-11(13)9-12-7-6-10(2)14/h10-12,14H,3-9H2,1-2H3. The number of hydrogen-bond donors (Lipinski definition) is 2. The Kier molecular flexibility index (Phi) is 5.45. The van der Waals surface area contributed by atoms with Crippen LogP contribution in [0.5, 0.6) is 0 Å². The SMILES string of the molecule is CCN1CCCC1CNCCC(C)O. The van der Waals surface area contributed by atoms with Crippen LogP contribution < -0.4 is 5.32 Å². The van der Waals surface area contributed by atoms with Crippen molar-refractivity contribution < 1.29 is 5.11 Å². The highest BCUT2D eigenvalue weighted by atomic mass is 16.3. The van der Waals surface area contributed by atoms with E-state index in [0.717, 1.165) is 25.6 Å². The number of nitrogens with zero attached hydrogens (tertiary/aromatic N) is 1. The molecule has 0 saturated carbocycles. The summed E-state index contributed by atoms with van der Waals surface area (Å²) in [4.78, 5) is 2.54. The minimum atomic E-state index is -0.173. The third kappa shape index (κ3) is 3.95. The maximum Gasteiger partial charge on any atom is 0.0524 e. The van der Waals surface area contributed by atoms with Crippen molar-refractivity contribution in [1.82, 2.24) is 10.2 Å². The van der Waals surface area contributed by atoms with E-state index in [2.05, 4.69) is 17.1 Å². The van der Waals surface area contributed by atoms with Crippen molar-refractivity contribution >= 4 is 0 Å². The molecule has 0 bridgehead atoms. The van der Waals surface area contributed by atoms with Crippen molar-refractivity contribution in [3.05, 3.63) is 0 Å². The Morgan fingerprint density at radius 1 is 1.57 bits per heavy atom. The van der Waals surface area contributed by atoms with Gasteiger partial charge in [-0.1, -0.05) is 6.92 Å². The van der Waals surface area contributed by atoms with Gasteiger partial charge in [-0.2, -0.15) is 0 Å². The summed E-state index contributed by atoms with van der Waals surface area (Å²) in [6.07, 6.45) is 3.36. The first kappa shape index (κ1) is 12.0. The minimum absolute atomic E-state index is 0.173. The molecule has 3 heteroatoms. The molecule has 2 N–H and O–H groups in total. The number of likely N-dealkylation sites (tertiary alicyclic amines) is 1. The van der Waals surface area contributed by atoms with Gasteiger partial charge in [-0.05, 0) is 45.8 Å². The second-order valence-corrected chi connectivity index (χ2v) is 4.27. The second-order valence-electron chi connectivity index (χ2n) is 4.27. The van der Waals surface area contributed by atoms with Gasteiger partial charge in [0.05, 0.1) is 6.10 Å². The van der Waals surface area contributed by atoms with Gasteiger partial charge in [-0.3, -0.25) is 4.90 Å². The highest BCUT2D eigenvalue weighted by Gasteiger charge is 2.21.